The number of hydrogen-bond acceptors (Lipinski definition) is 3. The van der Waals surface area contributed by atoms with E-state index >= 15 is 4.39 Å². The molecule has 1 atom stereocenters. The van der Waals surface area contributed by atoms with E-state index < -0.39 is 12.0 Å². The lowest BCUT2D eigenvalue weighted by Crippen LogP contribution is -2.35. The molecule has 0 aliphatic carbocycles. The minimum absolute atomic E-state index is 0.141. The Bertz CT molecular complexity index is 1050. The summed E-state index contributed by atoms with van der Waals surface area (Å²) in [5, 5.41) is 0. The molecule has 0 N–H and O–H groups in total. The van der Waals surface area contributed by atoms with Crippen LogP contribution in [0.2, 0.25) is 0 Å². The van der Waals surface area contributed by atoms with Crippen molar-refractivity contribution < 1.29 is 18.4 Å². The second-order valence-electron chi connectivity index (χ2n) is 9.36. The molecule has 1 saturated heterocycles. The molecule has 1 unspecified atom stereocenters. The molecule has 0 bridgehead atoms. The van der Waals surface area contributed by atoms with Crippen LogP contribution in [0.5, 0.6) is 0 Å². The van der Waals surface area contributed by atoms with Crippen LogP contribution in [0.4, 0.5) is 14.5 Å². The van der Waals surface area contributed by atoms with Crippen molar-refractivity contribution in [3.05, 3.63) is 64.5 Å². The lowest BCUT2D eigenvalue weighted by atomic mass is 9.88. The molecule has 1 fully saturated rings. The number of Topliss-reactive ketones (excluding diaryl/α,β-unsaturated/α-hetero) is 1. The number of piperidine rings is 1. The first-order valence-electron chi connectivity index (χ1n) is 11.6. The van der Waals surface area contributed by atoms with Gasteiger partial charge in [-0.15, -0.1) is 0 Å². The predicted octanol–water partition coefficient (Wildman–Crippen LogP) is 4.48. The summed E-state index contributed by atoms with van der Waals surface area (Å²) in [5.41, 5.74) is 4.35. The zero-order valence-electron chi connectivity index (χ0n) is 18.2. The zero-order valence-corrected chi connectivity index (χ0v) is 18.2. The van der Waals surface area contributed by atoms with E-state index in [2.05, 4.69) is 4.90 Å². The summed E-state index contributed by atoms with van der Waals surface area (Å²) < 4.78 is 28.4. The van der Waals surface area contributed by atoms with Crippen LogP contribution < -0.4 is 4.90 Å². The molecule has 2 aromatic rings. The molecule has 1 amide bonds. The van der Waals surface area contributed by atoms with E-state index in [-0.39, 0.29) is 24.1 Å². The number of aryl methyl sites for hydroxylation is 1. The average Bonchev–Trinajstić information content (AvgIpc) is 3.22. The summed E-state index contributed by atoms with van der Waals surface area (Å²) >= 11 is 0. The van der Waals surface area contributed by atoms with Crippen LogP contribution in [0.25, 0.3) is 0 Å². The van der Waals surface area contributed by atoms with Crippen molar-refractivity contribution >= 4 is 17.4 Å². The summed E-state index contributed by atoms with van der Waals surface area (Å²) in [6, 6.07) is 10.2. The number of ketones is 1. The minimum atomic E-state index is -1.50. The molecular weight excluding hydrogens is 410 g/mol. The van der Waals surface area contributed by atoms with Gasteiger partial charge in [0.25, 0.3) is 0 Å². The number of hydrogen-bond donors (Lipinski definition) is 0. The molecule has 3 aliphatic heterocycles. The number of carbonyl (C=O) groups excluding carboxylic acids is 2. The molecule has 3 heterocycles. The topological polar surface area (TPSA) is 40.6 Å². The third kappa shape index (κ3) is 4.20. The third-order valence-corrected chi connectivity index (χ3v) is 7.16. The lowest BCUT2D eigenvalue weighted by molar-refractivity contribution is -0.118. The number of anilines is 1. The van der Waals surface area contributed by atoms with E-state index in [1.54, 1.807) is 24.3 Å². The molecule has 2 aromatic carbocycles. The highest BCUT2D eigenvalue weighted by atomic mass is 19.1. The van der Waals surface area contributed by atoms with E-state index in [1.807, 2.05) is 11.0 Å². The molecule has 4 nitrogen and oxygen atoms in total. The van der Waals surface area contributed by atoms with Gasteiger partial charge in [-0.2, -0.15) is 0 Å². The molecule has 168 valence electrons. The summed E-state index contributed by atoms with van der Waals surface area (Å²) in [7, 11) is 0. The molecule has 3 aliphatic rings. The summed E-state index contributed by atoms with van der Waals surface area (Å²) in [5.74, 6) is -0.334. The van der Waals surface area contributed by atoms with Crippen molar-refractivity contribution in [2.45, 2.75) is 51.2 Å². The van der Waals surface area contributed by atoms with Crippen molar-refractivity contribution in [2.75, 3.05) is 24.5 Å². The maximum Gasteiger partial charge on any atom is 0.227 e. The highest BCUT2D eigenvalue weighted by Gasteiger charge is 2.33. The van der Waals surface area contributed by atoms with Crippen LogP contribution in [-0.4, -0.2) is 42.4 Å². The summed E-state index contributed by atoms with van der Waals surface area (Å²) in [6.45, 7) is 3.01. The van der Waals surface area contributed by atoms with Gasteiger partial charge in [0.15, 0.2) is 12.0 Å². The van der Waals surface area contributed by atoms with Gasteiger partial charge in [0.2, 0.25) is 5.91 Å². The second kappa shape index (κ2) is 8.74. The van der Waals surface area contributed by atoms with Crippen molar-refractivity contribution in [1.29, 1.82) is 0 Å². The van der Waals surface area contributed by atoms with E-state index in [4.69, 9.17) is 0 Å². The van der Waals surface area contributed by atoms with Crippen molar-refractivity contribution in [2.24, 2.45) is 5.92 Å². The monoisotopic (exact) mass is 438 g/mol. The first kappa shape index (κ1) is 21.3. The summed E-state index contributed by atoms with van der Waals surface area (Å²) in [6.07, 6.45) is 2.25. The van der Waals surface area contributed by atoms with Gasteiger partial charge >= 0.3 is 0 Å². The van der Waals surface area contributed by atoms with E-state index in [0.29, 0.717) is 31.5 Å². The standard InChI is InChI=1S/C26H28F2N2O2/c27-22-3-1-2-18(12-22)16-29-9-6-17(7-10-29)13-23(28)26(32)21-14-19-4-5-24(31)30-11-8-20(15-21)25(19)30/h1-3,12,14-15,17,23H,4-11,13,16H2. The Morgan fingerprint density at radius 1 is 1.03 bits per heavy atom. The summed E-state index contributed by atoms with van der Waals surface area (Å²) in [4.78, 5) is 29.1. The first-order chi connectivity index (χ1) is 15.5. The Morgan fingerprint density at radius 2 is 1.78 bits per heavy atom. The number of carbonyl (C=O) groups is 2. The van der Waals surface area contributed by atoms with Gasteiger partial charge in [0, 0.05) is 25.1 Å². The molecule has 5 rings (SSSR count). The van der Waals surface area contributed by atoms with Gasteiger partial charge < -0.3 is 4.90 Å². The lowest BCUT2D eigenvalue weighted by Gasteiger charge is -2.32. The Morgan fingerprint density at radius 3 is 2.53 bits per heavy atom. The molecule has 0 radical (unpaired) electrons. The SMILES string of the molecule is O=C(c1cc2c3c(c1)CCN3C(=O)CC2)C(F)CC1CCN(Cc2cccc(F)c2)CC1. The molecule has 0 aromatic heterocycles. The van der Waals surface area contributed by atoms with Gasteiger partial charge in [-0.25, -0.2) is 8.78 Å². The maximum atomic E-state index is 15.0. The fourth-order valence-electron chi connectivity index (χ4n) is 5.45. The number of amides is 1. The van der Waals surface area contributed by atoms with E-state index in [0.717, 1.165) is 54.7 Å². The first-order valence-corrected chi connectivity index (χ1v) is 11.6. The van der Waals surface area contributed by atoms with Crippen LogP contribution in [-0.2, 0) is 24.2 Å². The van der Waals surface area contributed by atoms with Gasteiger partial charge in [-0.3, -0.25) is 14.5 Å². The Labute approximate surface area is 187 Å². The quantitative estimate of drug-likeness (QED) is 0.625. The number of alkyl halides is 1. The largest absolute Gasteiger partial charge is 0.312 e. The van der Waals surface area contributed by atoms with E-state index in [1.165, 1.54) is 6.07 Å². The fourth-order valence-corrected chi connectivity index (χ4v) is 5.45. The Hall–Kier alpha value is -2.60. The second-order valence-corrected chi connectivity index (χ2v) is 9.36. The van der Waals surface area contributed by atoms with Crippen LogP contribution in [0.3, 0.4) is 0 Å². The molecule has 32 heavy (non-hydrogen) atoms. The number of nitrogens with zero attached hydrogens (tertiary/aromatic N) is 2. The smallest absolute Gasteiger partial charge is 0.227 e. The number of benzene rings is 2. The molecular formula is C26H28F2N2O2. The van der Waals surface area contributed by atoms with Crippen molar-refractivity contribution in [3.63, 3.8) is 0 Å². The van der Waals surface area contributed by atoms with Gasteiger partial charge in [-0.1, -0.05) is 12.1 Å². The minimum Gasteiger partial charge on any atom is -0.312 e. The Kier molecular flexibility index (Phi) is 5.80. The normalized spacial score (nSPS) is 19.8. The number of halogens is 2. The van der Waals surface area contributed by atoms with Crippen LogP contribution in [0, 0.1) is 11.7 Å². The third-order valence-electron chi connectivity index (χ3n) is 7.16. The molecule has 6 heteroatoms. The zero-order chi connectivity index (χ0) is 22.2. The highest BCUT2D eigenvalue weighted by molar-refractivity contribution is 6.03. The van der Waals surface area contributed by atoms with Crippen LogP contribution in [0.15, 0.2) is 36.4 Å². The van der Waals surface area contributed by atoms with Gasteiger partial charge in [0.05, 0.1) is 5.69 Å². The molecule has 0 saturated carbocycles. The van der Waals surface area contributed by atoms with Crippen molar-refractivity contribution in [3.8, 4) is 0 Å². The van der Waals surface area contributed by atoms with E-state index in [9.17, 15) is 14.0 Å². The maximum absolute atomic E-state index is 15.0. The fraction of sp³-hybridized carbons (Fsp3) is 0.462. The number of likely N-dealkylation sites (tertiary alicyclic amines) is 1. The van der Waals surface area contributed by atoms with Crippen LogP contribution >= 0.6 is 0 Å². The van der Waals surface area contributed by atoms with Gasteiger partial charge in [-0.05, 0) is 92.1 Å². The predicted molar refractivity (Wildman–Crippen MR) is 119 cm³/mol. The van der Waals surface area contributed by atoms with Gasteiger partial charge in [0.1, 0.15) is 5.82 Å². The average molecular weight is 439 g/mol. The Balaban J connectivity index is 1.18. The molecule has 0 spiro atoms. The highest BCUT2D eigenvalue weighted by Crippen LogP contribution is 2.38. The number of rotatable bonds is 6. The van der Waals surface area contributed by atoms with Crippen molar-refractivity contribution in [1.82, 2.24) is 4.90 Å². The van der Waals surface area contributed by atoms with Crippen LogP contribution in [0.1, 0.15) is 52.7 Å².